The van der Waals surface area contributed by atoms with Crippen LogP contribution in [0.5, 0.6) is 0 Å². The van der Waals surface area contributed by atoms with Crippen molar-refractivity contribution in [3.8, 4) is 0 Å². The summed E-state index contributed by atoms with van der Waals surface area (Å²) in [5.41, 5.74) is 3.41. The van der Waals surface area contributed by atoms with Crippen LogP contribution in [-0.2, 0) is 18.2 Å². The summed E-state index contributed by atoms with van der Waals surface area (Å²) in [6.07, 6.45) is 5.50. The van der Waals surface area contributed by atoms with E-state index in [1.54, 1.807) is 0 Å². The van der Waals surface area contributed by atoms with Crippen LogP contribution in [-0.4, -0.2) is 41.1 Å². The zero-order chi connectivity index (χ0) is 16.8. The minimum Gasteiger partial charge on any atom is -0.378 e. The van der Waals surface area contributed by atoms with Gasteiger partial charge in [0.15, 0.2) is 0 Å². The van der Waals surface area contributed by atoms with Gasteiger partial charge in [-0.25, -0.2) is 4.79 Å². The van der Waals surface area contributed by atoms with Crippen LogP contribution in [0.25, 0.3) is 0 Å². The van der Waals surface area contributed by atoms with Crippen LogP contribution in [0, 0.1) is 13.8 Å². The van der Waals surface area contributed by atoms with Crippen molar-refractivity contribution in [1.82, 2.24) is 20.4 Å². The molecule has 1 aliphatic heterocycles. The molecule has 1 aromatic rings. The summed E-state index contributed by atoms with van der Waals surface area (Å²) in [6, 6.07) is -0.0324. The van der Waals surface area contributed by atoms with E-state index in [9.17, 15) is 4.79 Å². The van der Waals surface area contributed by atoms with E-state index in [1.165, 1.54) is 12.0 Å². The molecule has 1 aromatic heterocycles. The average molecular weight is 322 g/mol. The highest BCUT2D eigenvalue weighted by molar-refractivity contribution is 5.74. The SMILES string of the molecule is Cc1nn(C)c(C)c1C[C@H](C)NC(=O)NCC[C@H]1CCCCO1. The Kier molecular flexibility index (Phi) is 6.45. The van der Waals surface area contributed by atoms with Gasteiger partial charge in [-0.2, -0.15) is 5.10 Å². The van der Waals surface area contributed by atoms with Gasteiger partial charge in [0.2, 0.25) is 0 Å². The molecule has 130 valence electrons. The Morgan fingerprint density at radius 1 is 1.43 bits per heavy atom. The first-order valence-electron chi connectivity index (χ1n) is 8.62. The zero-order valence-electron chi connectivity index (χ0n) is 14.8. The third kappa shape index (κ3) is 5.23. The molecule has 23 heavy (non-hydrogen) atoms. The van der Waals surface area contributed by atoms with E-state index in [4.69, 9.17) is 4.74 Å². The predicted octanol–water partition coefficient (Wildman–Crippen LogP) is 2.23. The lowest BCUT2D eigenvalue weighted by atomic mass is 10.1. The van der Waals surface area contributed by atoms with Gasteiger partial charge in [-0.15, -0.1) is 0 Å². The summed E-state index contributed by atoms with van der Waals surface area (Å²) in [6.45, 7) is 7.62. The first-order chi connectivity index (χ1) is 11.0. The van der Waals surface area contributed by atoms with Crippen molar-refractivity contribution in [1.29, 1.82) is 0 Å². The molecule has 1 aliphatic rings. The molecule has 2 heterocycles. The molecular weight excluding hydrogens is 292 g/mol. The number of ether oxygens (including phenoxy) is 1. The normalized spacial score (nSPS) is 19.4. The highest BCUT2D eigenvalue weighted by atomic mass is 16.5. The van der Waals surface area contributed by atoms with Gasteiger partial charge in [-0.1, -0.05) is 0 Å². The van der Waals surface area contributed by atoms with E-state index >= 15 is 0 Å². The first-order valence-corrected chi connectivity index (χ1v) is 8.62. The summed E-state index contributed by atoms with van der Waals surface area (Å²) in [4.78, 5) is 12.0. The zero-order valence-corrected chi connectivity index (χ0v) is 14.8. The standard InChI is InChI=1S/C17H30N4O2/c1-12(11-16-13(2)20-21(4)14(16)3)19-17(22)18-9-8-15-7-5-6-10-23-15/h12,15H,5-11H2,1-4H3,(H2,18,19,22)/t12-,15+/m0/s1. The molecule has 2 N–H and O–H groups in total. The summed E-state index contributed by atoms with van der Waals surface area (Å²) >= 11 is 0. The Hall–Kier alpha value is -1.56. The third-order valence-electron chi connectivity index (χ3n) is 4.57. The van der Waals surface area contributed by atoms with Gasteiger partial charge in [-0.05, 0) is 58.4 Å². The van der Waals surface area contributed by atoms with Crippen LogP contribution in [0.1, 0.15) is 49.6 Å². The highest BCUT2D eigenvalue weighted by Crippen LogP contribution is 2.15. The Labute approximate surface area is 139 Å². The maximum atomic E-state index is 12.0. The Bertz CT molecular complexity index is 521. The number of aromatic nitrogens is 2. The molecule has 0 unspecified atom stereocenters. The fourth-order valence-corrected chi connectivity index (χ4v) is 3.13. The summed E-state index contributed by atoms with van der Waals surface area (Å²) in [7, 11) is 1.95. The van der Waals surface area contributed by atoms with Gasteiger partial charge in [0, 0.05) is 31.9 Å². The van der Waals surface area contributed by atoms with Crippen LogP contribution in [0.4, 0.5) is 4.79 Å². The number of urea groups is 1. The van der Waals surface area contributed by atoms with Gasteiger partial charge >= 0.3 is 6.03 Å². The number of carbonyl (C=O) groups is 1. The van der Waals surface area contributed by atoms with Crippen molar-refractivity contribution < 1.29 is 9.53 Å². The number of amides is 2. The second kappa shape index (κ2) is 8.34. The van der Waals surface area contributed by atoms with Crippen LogP contribution in [0.15, 0.2) is 0 Å². The van der Waals surface area contributed by atoms with Gasteiger partial charge in [-0.3, -0.25) is 4.68 Å². The Morgan fingerprint density at radius 3 is 2.83 bits per heavy atom. The van der Waals surface area contributed by atoms with Crippen LogP contribution in [0.2, 0.25) is 0 Å². The average Bonchev–Trinajstić information content (AvgIpc) is 2.74. The fourth-order valence-electron chi connectivity index (χ4n) is 3.13. The number of hydrogen-bond acceptors (Lipinski definition) is 3. The van der Waals surface area contributed by atoms with Gasteiger partial charge in [0.25, 0.3) is 0 Å². The van der Waals surface area contributed by atoms with E-state index in [-0.39, 0.29) is 12.1 Å². The van der Waals surface area contributed by atoms with Crippen molar-refractivity contribution in [2.45, 2.75) is 65.0 Å². The van der Waals surface area contributed by atoms with E-state index < -0.39 is 0 Å². The van der Waals surface area contributed by atoms with Crippen LogP contribution < -0.4 is 10.6 Å². The lowest BCUT2D eigenvalue weighted by Crippen LogP contribution is -2.42. The molecule has 1 fully saturated rings. The van der Waals surface area contributed by atoms with Crippen molar-refractivity contribution in [3.05, 3.63) is 17.0 Å². The number of nitrogens with zero attached hydrogens (tertiary/aromatic N) is 2. The topological polar surface area (TPSA) is 68.2 Å². The lowest BCUT2D eigenvalue weighted by molar-refractivity contribution is 0.0120. The molecule has 0 aliphatic carbocycles. The minimum atomic E-state index is -0.104. The quantitative estimate of drug-likeness (QED) is 0.844. The van der Waals surface area contributed by atoms with Gasteiger partial charge in [0.05, 0.1) is 11.8 Å². The smallest absolute Gasteiger partial charge is 0.315 e. The molecule has 1 saturated heterocycles. The summed E-state index contributed by atoms with van der Waals surface area (Å²) < 4.78 is 7.56. The van der Waals surface area contributed by atoms with E-state index in [2.05, 4.69) is 22.7 Å². The Morgan fingerprint density at radius 2 is 2.22 bits per heavy atom. The molecule has 0 radical (unpaired) electrons. The van der Waals surface area contributed by atoms with E-state index in [0.717, 1.165) is 43.7 Å². The molecular formula is C17H30N4O2. The molecule has 0 spiro atoms. The van der Waals surface area contributed by atoms with Crippen LogP contribution >= 0.6 is 0 Å². The largest absolute Gasteiger partial charge is 0.378 e. The van der Waals surface area contributed by atoms with Crippen LogP contribution in [0.3, 0.4) is 0 Å². The molecule has 2 atom stereocenters. The Balaban J connectivity index is 1.69. The van der Waals surface area contributed by atoms with Crippen molar-refractivity contribution in [3.63, 3.8) is 0 Å². The second-order valence-electron chi connectivity index (χ2n) is 6.56. The molecule has 6 heteroatoms. The highest BCUT2D eigenvalue weighted by Gasteiger charge is 2.16. The van der Waals surface area contributed by atoms with E-state index in [0.29, 0.717) is 12.6 Å². The third-order valence-corrected chi connectivity index (χ3v) is 4.57. The monoisotopic (exact) mass is 322 g/mol. The van der Waals surface area contributed by atoms with Gasteiger partial charge < -0.3 is 15.4 Å². The van der Waals surface area contributed by atoms with Gasteiger partial charge in [0.1, 0.15) is 0 Å². The molecule has 2 amide bonds. The van der Waals surface area contributed by atoms with Crippen molar-refractivity contribution >= 4 is 6.03 Å². The fraction of sp³-hybridized carbons (Fsp3) is 0.765. The van der Waals surface area contributed by atoms with Crippen molar-refractivity contribution in [2.24, 2.45) is 7.05 Å². The number of rotatable bonds is 6. The number of nitrogens with one attached hydrogen (secondary N) is 2. The number of hydrogen-bond donors (Lipinski definition) is 2. The van der Waals surface area contributed by atoms with Crippen molar-refractivity contribution in [2.75, 3.05) is 13.2 Å². The maximum absolute atomic E-state index is 12.0. The number of aryl methyl sites for hydroxylation is 2. The second-order valence-corrected chi connectivity index (χ2v) is 6.56. The lowest BCUT2D eigenvalue weighted by Gasteiger charge is -2.22. The molecule has 0 aromatic carbocycles. The molecule has 0 bridgehead atoms. The molecule has 6 nitrogen and oxygen atoms in total. The summed E-state index contributed by atoms with van der Waals surface area (Å²) in [5, 5.41) is 10.4. The summed E-state index contributed by atoms with van der Waals surface area (Å²) in [5.74, 6) is 0. The predicted molar refractivity (Wildman–Crippen MR) is 90.6 cm³/mol. The number of carbonyl (C=O) groups excluding carboxylic acids is 1. The molecule has 0 saturated carbocycles. The maximum Gasteiger partial charge on any atom is 0.315 e. The van der Waals surface area contributed by atoms with E-state index in [1.807, 2.05) is 25.6 Å². The first kappa shape index (κ1) is 17.8. The molecule has 2 rings (SSSR count). The minimum absolute atomic E-state index is 0.0718.